The van der Waals surface area contributed by atoms with E-state index in [0.717, 1.165) is 36.5 Å². The molecule has 2 heterocycles. The molecule has 2 aliphatic rings. The van der Waals surface area contributed by atoms with E-state index in [1.54, 1.807) is 13.4 Å². The molecule has 2 N–H and O–H groups in total. The SMILES string of the molecule is CO[C@@H]1CCN(C2CC(C(=[NH2+])c3cccc(OC(C)C)c3)=NC=N2)C1. The Balaban J connectivity index is 1.68. The number of hydrogen-bond acceptors (Lipinski definition) is 5. The van der Waals surface area contributed by atoms with Gasteiger partial charge in [-0.05, 0) is 38.5 Å². The minimum atomic E-state index is 0.0845. The van der Waals surface area contributed by atoms with Gasteiger partial charge in [-0.3, -0.25) is 15.3 Å². The van der Waals surface area contributed by atoms with E-state index in [-0.39, 0.29) is 12.3 Å². The summed E-state index contributed by atoms with van der Waals surface area (Å²) in [5, 5.41) is 6.41. The Morgan fingerprint density at radius 3 is 2.92 bits per heavy atom. The van der Waals surface area contributed by atoms with E-state index in [0.29, 0.717) is 18.2 Å². The second-order valence-corrected chi connectivity index (χ2v) is 6.77. The second-order valence-electron chi connectivity index (χ2n) is 6.77. The number of benzene rings is 1. The molecule has 0 amide bonds. The number of likely N-dealkylation sites (tertiary alicyclic amines) is 1. The first-order valence-electron chi connectivity index (χ1n) is 8.82. The van der Waals surface area contributed by atoms with Crippen molar-refractivity contribution in [1.82, 2.24) is 4.90 Å². The van der Waals surface area contributed by atoms with Crippen LogP contribution in [0, 0.1) is 0 Å². The molecule has 0 aliphatic carbocycles. The van der Waals surface area contributed by atoms with Crippen LogP contribution in [0.2, 0.25) is 0 Å². The quantitative estimate of drug-likeness (QED) is 0.782. The molecule has 0 spiro atoms. The third kappa shape index (κ3) is 4.32. The van der Waals surface area contributed by atoms with Gasteiger partial charge in [-0.1, -0.05) is 6.07 Å². The summed E-state index contributed by atoms with van der Waals surface area (Å²) in [5.74, 6) is 0.819. The minimum absolute atomic E-state index is 0.0845. The predicted molar refractivity (Wildman–Crippen MR) is 99.6 cm³/mol. The third-order valence-electron chi connectivity index (χ3n) is 4.59. The largest absolute Gasteiger partial charge is 0.491 e. The lowest BCUT2D eigenvalue weighted by Crippen LogP contribution is -2.48. The van der Waals surface area contributed by atoms with Crippen LogP contribution in [0.15, 0.2) is 34.3 Å². The zero-order valence-electron chi connectivity index (χ0n) is 15.2. The number of nitrogens with two attached hydrogens (primary N) is 1. The average Bonchev–Trinajstić information content (AvgIpc) is 3.10. The molecule has 6 heteroatoms. The topological polar surface area (TPSA) is 72.0 Å². The van der Waals surface area contributed by atoms with Gasteiger partial charge in [-0.2, -0.15) is 0 Å². The van der Waals surface area contributed by atoms with E-state index in [4.69, 9.17) is 14.9 Å². The van der Waals surface area contributed by atoms with Crippen molar-refractivity contribution in [2.24, 2.45) is 9.98 Å². The monoisotopic (exact) mass is 343 g/mol. The van der Waals surface area contributed by atoms with Gasteiger partial charge in [0.05, 0.1) is 17.8 Å². The van der Waals surface area contributed by atoms with Crippen LogP contribution in [-0.4, -0.2) is 61.2 Å². The second kappa shape index (κ2) is 7.89. The van der Waals surface area contributed by atoms with E-state index in [1.807, 2.05) is 38.1 Å². The number of hydrogen-bond donors (Lipinski definition) is 1. The van der Waals surface area contributed by atoms with Crippen LogP contribution >= 0.6 is 0 Å². The van der Waals surface area contributed by atoms with E-state index < -0.39 is 0 Å². The molecule has 1 unspecified atom stereocenters. The Morgan fingerprint density at radius 2 is 2.20 bits per heavy atom. The summed E-state index contributed by atoms with van der Waals surface area (Å²) in [6, 6.07) is 7.86. The Labute approximate surface area is 149 Å². The number of aliphatic imine (C=N–C) groups is 2. The van der Waals surface area contributed by atoms with E-state index in [9.17, 15) is 0 Å². The summed E-state index contributed by atoms with van der Waals surface area (Å²) in [6.45, 7) is 5.92. The molecule has 2 atom stereocenters. The molecule has 3 rings (SSSR count). The number of nitrogens with zero attached hydrogens (tertiary/aromatic N) is 3. The van der Waals surface area contributed by atoms with Crippen molar-refractivity contribution >= 4 is 17.8 Å². The molecule has 0 saturated carbocycles. The van der Waals surface area contributed by atoms with Gasteiger partial charge >= 0.3 is 0 Å². The first-order valence-corrected chi connectivity index (χ1v) is 8.82. The Kier molecular flexibility index (Phi) is 5.60. The molecule has 0 bridgehead atoms. The van der Waals surface area contributed by atoms with Gasteiger partial charge in [0.1, 0.15) is 24.0 Å². The molecular formula is C19H27N4O2+. The van der Waals surface area contributed by atoms with Crippen molar-refractivity contribution in [1.29, 1.82) is 0 Å². The van der Waals surface area contributed by atoms with Gasteiger partial charge in [-0.15, -0.1) is 0 Å². The van der Waals surface area contributed by atoms with Gasteiger partial charge in [0.25, 0.3) is 0 Å². The molecule has 1 fully saturated rings. The zero-order chi connectivity index (χ0) is 17.8. The molecular weight excluding hydrogens is 316 g/mol. The van der Waals surface area contributed by atoms with Crippen LogP contribution in [0.5, 0.6) is 5.75 Å². The first kappa shape index (κ1) is 17.8. The summed E-state index contributed by atoms with van der Waals surface area (Å²) >= 11 is 0. The highest BCUT2D eigenvalue weighted by Gasteiger charge is 2.31. The van der Waals surface area contributed by atoms with Crippen molar-refractivity contribution in [3.05, 3.63) is 29.8 Å². The minimum Gasteiger partial charge on any atom is -0.491 e. The maximum absolute atomic E-state index is 6.41. The Morgan fingerprint density at radius 1 is 1.36 bits per heavy atom. The standard InChI is InChI=1S/C19H26N4O2/c1-13(2)25-15-6-4-5-14(9-15)19(20)17-10-18(22-12-21-17)23-8-7-16(11-23)24-3/h4-6,9,12-13,16,18,20H,7-8,10-11H2,1-3H3/p+1/t16-,18?/m1/s1. The van der Waals surface area contributed by atoms with Gasteiger partial charge in [0, 0.05) is 26.6 Å². The molecule has 1 aromatic rings. The highest BCUT2D eigenvalue weighted by Crippen LogP contribution is 2.21. The van der Waals surface area contributed by atoms with Crippen molar-refractivity contribution in [3.8, 4) is 5.75 Å². The molecule has 6 nitrogen and oxygen atoms in total. The van der Waals surface area contributed by atoms with Gasteiger partial charge in [-0.25, -0.2) is 4.99 Å². The Bertz CT molecular complexity index is 684. The van der Waals surface area contributed by atoms with Crippen molar-refractivity contribution in [2.75, 3.05) is 20.2 Å². The summed E-state index contributed by atoms with van der Waals surface area (Å²) < 4.78 is 11.2. The van der Waals surface area contributed by atoms with Crippen LogP contribution in [0.4, 0.5) is 0 Å². The van der Waals surface area contributed by atoms with Crippen LogP contribution in [0.3, 0.4) is 0 Å². The van der Waals surface area contributed by atoms with Gasteiger partial charge in [0.2, 0.25) is 5.71 Å². The smallest absolute Gasteiger partial charge is 0.225 e. The fraction of sp³-hybridized carbons (Fsp3) is 0.526. The maximum atomic E-state index is 6.41. The first-order chi connectivity index (χ1) is 12.1. The molecule has 25 heavy (non-hydrogen) atoms. The highest BCUT2D eigenvalue weighted by molar-refractivity contribution is 6.47. The average molecular weight is 343 g/mol. The van der Waals surface area contributed by atoms with Crippen LogP contribution in [0.25, 0.3) is 0 Å². The summed E-state index contributed by atoms with van der Waals surface area (Å²) in [5.41, 5.74) is 2.50. The zero-order valence-corrected chi connectivity index (χ0v) is 15.2. The van der Waals surface area contributed by atoms with Crippen molar-refractivity contribution in [2.45, 2.75) is 45.1 Å². The molecule has 0 aromatic heterocycles. The van der Waals surface area contributed by atoms with Gasteiger partial charge in [0.15, 0.2) is 0 Å². The lowest BCUT2D eigenvalue weighted by atomic mass is 10.0. The van der Waals surface area contributed by atoms with Crippen molar-refractivity contribution < 1.29 is 14.9 Å². The maximum Gasteiger partial charge on any atom is 0.225 e. The lowest BCUT2D eigenvalue weighted by Gasteiger charge is -2.25. The predicted octanol–water partition coefficient (Wildman–Crippen LogP) is 0.942. The molecule has 0 radical (unpaired) electrons. The van der Waals surface area contributed by atoms with Crippen LogP contribution in [-0.2, 0) is 4.74 Å². The van der Waals surface area contributed by atoms with E-state index >= 15 is 0 Å². The van der Waals surface area contributed by atoms with Crippen LogP contribution < -0.4 is 10.1 Å². The molecule has 2 aliphatic heterocycles. The number of ether oxygens (including phenoxy) is 2. The summed E-state index contributed by atoms with van der Waals surface area (Å²) in [7, 11) is 1.77. The van der Waals surface area contributed by atoms with E-state index in [2.05, 4.69) is 14.9 Å². The van der Waals surface area contributed by atoms with Crippen molar-refractivity contribution in [3.63, 3.8) is 0 Å². The fourth-order valence-electron chi connectivity index (χ4n) is 3.25. The summed E-state index contributed by atoms with van der Waals surface area (Å²) in [6.07, 6.45) is 3.90. The third-order valence-corrected chi connectivity index (χ3v) is 4.59. The molecule has 134 valence electrons. The Hall–Kier alpha value is -2.05. The highest BCUT2D eigenvalue weighted by atomic mass is 16.5. The number of methoxy groups -OCH3 is 1. The van der Waals surface area contributed by atoms with E-state index in [1.165, 1.54) is 0 Å². The molecule has 1 saturated heterocycles. The summed E-state index contributed by atoms with van der Waals surface area (Å²) in [4.78, 5) is 11.3. The lowest BCUT2D eigenvalue weighted by molar-refractivity contribution is -0.109. The number of rotatable bonds is 6. The fourth-order valence-corrected chi connectivity index (χ4v) is 3.25. The normalized spacial score (nSPS) is 23.8. The van der Waals surface area contributed by atoms with Crippen LogP contribution in [0.1, 0.15) is 32.3 Å². The van der Waals surface area contributed by atoms with Gasteiger partial charge < -0.3 is 9.47 Å². The molecule has 1 aromatic carbocycles.